The highest BCUT2D eigenvalue weighted by molar-refractivity contribution is 5.03. The summed E-state index contributed by atoms with van der Waals surface area (Å²) >= 11 is 0. The minimum Gasteiger partial charge on any atom is -0.330 e. The topological polar surface area (TPSA) is 43.8 Å². The van der Waals surface area contributed by atoms with Crippen LogP contribution in [-0.4, -0.2) is 16.3 Å². The predicted octanol–water partition coefficient (Wildman–Crippen LogP) is 1.09. The molecule has 1 aromatic rings. The van der Waals surface area contributed by atoms with Gasteiger partial charge in [0, 0.05) is 13.2 Å². The van der Waals surface area contributed by atoms with Gasteiger partial charge in [-0.2, -0.15) is 5.10 Å². The van der Waals surface area contributed by atoms with Crippen LogP contribution >= 0.6 is 0 Å². The predicted molar refractivity (Wildman–Crippen MR) is 49.8 cm³/mol. The lowest BCUT2D eigenvalue weighted by Crippen LogP contribution is -1.98. The number of unbranched alkanes of at least 4 members (excludes halogenated alkanes) is 2. The number of aromatic nitrogens is 2. The lowest BCUT2D eigenvalue weighted by atomic mass is 10.1. The van der Waals surface area contributed by atoms with Gasteiger partial charge in [0.2, 0.25) is 0 Å². The number of aryl methyl sites for hydroxylation is 2. The molecule has 0 amide bonds. The Morgan fingerprint density at radius 3 is 2.83 bits per heavy atom. The zero-order valence-electron chi connectivity index (χ0n) is 7.66. The molecule has 0 aliphatic heterocycles. The molecule has 12 heavy (non-hydrogen) atoms. The van der Waals surface area contributed by atoms with Gasteiger partial charge in [-0.05, 0) is 31.4 Å². The molecule has 3 heteroatoms. The van der Waals surface area contributed by atoms with Gasteiger partial charge in [0.05, 0.1) is 6.20 Å². The van der Waals surface area contributed by atoms with Gasteiger partial charge in [-0.25, -0.2) is 0 Å². The van der Waals surface area contributed by atoms with E-state index in [9.17, 15) is 0 Å². The molecule has 0 bridgehead atoms. The number of nitrogens with zero attached hydrogens (tertiary/aromatic N) is 2. The van der Waals surface area contributed by atoms with Crippen molar-refractivity contribution in [3.05, 3.63) is 18.0 Å². The Bertz CT molecular complexity index is 217. The summed E-state index contributed by atoms with van der Waals surface area (Å²) in [5.41, 5.74) is 6.72. The summed E-state index contributed by atoms with van der Waals surface area (Å²) < 4.78 is 1.85. The molecule has 0 aliphatic rings. The first-order valence-electron chi connectivity index (χ1n) is 4.50. The monoisotopic (exact) mass is 167 g/mol. The van der Waals surface area contributed by atoms with E-state index >= 15 is 0 Å². The zero-order valence-corrected chi connectivity index (χ0v) is 7.66. The van der Waals surface area contributed by atoms with Crippen LogP contribution in [0.2, 0.25) is 0 Å². The van der Waals surface area contributed by atoms with E-state index in [2.05, 4.69) is 11.3 Å². The Morgan fingerprint density at radius 2 is 2.25 bits per heavy atom. The van der Waals surface area contributed by atoms with Crippen molar-refractivity contribution in [1.82, 2.24) is 9.78 Å². The zero-order chi connectivity index (χ0) is 8.81. The number of hydrogen-bond acceptors (Lipinski definition) is 2. The van der Waals surface area contributed by atoms with Crippen molar-refractivity contribution in [3.8, 4) is 0 Å². The molecular formula is C9H17N3. The average molecular weight is 167 g/mol. The third-order valence-electron chi connectivity index (χ3n) is 1.93. The lowest BCUT2D eigenvalue weighted by molar-refractivity contribution is 0.686. The molecule has 1 rings (SSSR count). The molecule has 0 aromatic carbocycles. The van der Waals surface area contributed by atoms with Crippen molar-refractivity contribution in [2.24, 2.45) is 12.8 Å². The van der Waals surface area contributed by atoms with Crippen LogP contribution in [0.5, 0.6) is 0 Å². The van der Waals surface area contributed by atoms with Crippen molar-refractivity contribution in [3.63, 3.8) is 0 Å². The first kappa shape index (κ1) is 9.26. The summed E-state index contributed by atoms with van der Waals surface area (Å²) in [6.07, 6.45) is 8.73. The maximum Gasteiger partial charge on any atom is 0.0521 e. The minimum absolute atomic E-state index is 0.813. The van der Waals surface area contributed by atoms with Crippen molar-refractivity contribution in [1.29, 1.82) is 0 Å². The summed E-state index contributed by atoms with van der Waals surface area (Å²) in [6, 6.07) is 0. The van der Waals surface area contributed by atoms with Gasteiger partial charge in [0.1, 0.15) is 0 Å². The molecule has 0 unspecified atom stereocenters. The molecule has 0 radical (unpaired) electrons. The van der Waals surface area contributed by atoms with Crippen LogP contribution in [-0.2, 0) is 13.5 Å². The molecule has 0 aliphatic carbocycles. The van der Waals surface area contributed by atoms with Crippen LogP contribution < -0.4 is 5.73 Å². The van der Waals surface area contributed by atoms with Crippen LogP contribution in [0.1, 0.15) is 24.8 Å². The summed E-state index contributed by atoms with van der Waals surface area (Å²) in [7, 11) is 1.95. The summed E-state index contributed by atoms with van der Waals surface area (Å²) in [5.74, 6) is 0. The highest BCUT2D eigenvalue weighted by atomic mass is 15.2. The molecule has 0 atom stereocenters. The second kappa shape index (κ2) is 4.93. The Balaban J connectivity index is 2.15. The second-order valence-electron chi connectivity index (χ2n) is 3.12. The maximum absolute atomic E-state index is 5.40. The molecule has 0 saturated carbocycles. The molecule has 3 nitrogen and oxygen atoms in total. The van der Waals surface area contributed by atoms with Crippen molar-refractivity contribution >= 4 is 0 Å². The van der Waals surface area contributed by atoms with E-state index in [1.807, 2.05) is 17.9 Å². The van der Waals surface area contributed by atoms with Gasteiger partial charge < -0.3 is 5.73 Å². The van der Waals surface area contributed by atoms with Crippen LogP contribution in [0.3, 0.4) is 0 Å². The van der Waals surface area contributed by atoms with Gasteiger partial charge in [-0.3, -0.25) is 4.68 Å². The molecular weight excluding hydrogens is 150 g/mol. The van der Waals surface area contributed by atoms with Crippen molar-refractivity contribution in [2.75, 3.05) is 6.54 Å². The second-order valence-corrected chi connectivity index (χ2v) is 3.12. The molecule has 1 aromatic heterocycles. The maximum atomic E-state index is 5.40. The van der Waals surface area contributed by atoms with E-state index in [0.29, 0.717) is 0 Å². The quantitative estimate of drug-likeness (QED) is 0.667. The van der Waals surface area contributed by atoms with E-state index in [0.717, 1.165) is 19.4 Å². The van der Waals surface area contributed by atoms with E-state index in [-0.39, 0.29) is 0 Å². The van der Waals surface area contributed by atoms with Crippen LogP contribution in [0, 0.1) is 0 Å². The summed E-state index contributed by atoms with van der Waals surface area (Å²) in [5, 5.41) is 4.11. The first-order valence-corrected chi connectivity index (χ1v) is 4.50. The number of nitrogens with two attached hydrogens (primary N) is 1. The Morgan fingerprint density at radius 1 is 1.42 bits per heavy atom. The third-order valence-corrected chi connectivity index (χ3v) is 1.93. The van der Waals surface area contributed by atoms with E-state index in [1.165, 1.54) is 18.4 Å². The fourth-order valence-electron chi connectivity index (χ4n) is 1.25. The standard InChI is InChI=1S/C9H17N3/c1-12-8-9(7-11-12)5-3-2-4-6-10/h7-8H,2-6,10H2,1H3. The van der Waals surface area contributed by atoms with Gasteiger partial charge in [0.15, 0.2) is 0 Å². The molecule has 68 valence electrons. The Labute approximate surface area is 73.6 Å². The molecule has 0 saturated heterocycles. The summed E-state index contributed by atoms with van der Waals surface area (Å²) in [4.78, 5) is 0. The van der Waals surface area contributed by atoms with Crippen molar-refractivity contribution < 1.29 is 0 Å². The Hall–Kier alpha value is -0.830. The lowest BCUT2D eigenvalue weighted by Gasteiger charge is -1.95. The molecule has 0 spiro atoms. The number of rotatable bonds is 5. The highest BCUT2D eigenvalue weighted by Gasteiger charge is 1.94. The minimum atomic E-state index is 0.813. The molecule has 2 N–H and O–H groups in total. The normalized spacial score (nSPS) is 10.5. The average Bonchev–Trinajstić information content (AvgIpc) is 2.45. The van der Waals surface area contributed by atoms with Crippen LogP contribution in [0.4, 0.5) is 0 Å². The van der Waals surface area contributed by atoms with Gasteiger partial charge in [-0.1, -0.05) is 6.42 Å². The summed E-state index contributed by atoms with van der Waals surface area (Å²) in [6.45, 7) is 0.813. The molecule has 1 heterocycles. The van der Waals surface area contributed by atoms with E-state index in [4.69, 9.17) is 5.73 Å². The molecule has 0 fully saturated rings. The van der Waals surface area contributed by atoms with Gasteiger partial charge in [-0.15, -0.1) is 0 Å². The van der Waals surface area contributed by atoms with Crippen molar-refractivity contribution in [2.45, 2.75) is 25.7 Å². The van der Waals surface area contributed by atoms with Crippen LogP contribution in [0.15, 0.2) is 12.4 Å². The smallest absolute Gasteiger partial charge is 0.0521 e. The fourth-order valence-corrected chi connectivity index (χ4v) is 1.25. The third kappa shape index (κ3) is 3.05. The van der Waals surface area contributed by atoms with Gasteiger partial charge in [0.25, 0.3) is 0 Å². The largest absolute Gasteiger partial charge is 0.330 e. The number of hydrogen-bond donors (Lipinski definition) is 1. The first-order chi connectivity index (χ1) is 5.83. The highest BCUT2D eigenvalue weighted by Crippen LogP contribution is 2.04. The fraction of sp³-hybridized carbons (Fsp3) is 0.667. The van der Waals surface area contributed by atoms with E-state index in [1.54, 1.807) is 0 Å². The van der Waals surface area contributed by atoms with Gasteiger partial charge >= 0.3 is 0 Å². The van der Waals surface area contributed by atoms with Crippen LogP contribution in [0.25, 0.3) is 0 Å². The Kier molecular flexibility index (Phi) is 3.80. The SMILES string of the molecule is Cn1cc(CCCCCN)cn1. The van der Waals surface area contributed by atoms with E-state index < -0.39 is 0 Å².